The van der Waals surface area contributed by atoms with Crippen molar-refractivity contribution < 1.29 is 0 Å². The van der Waals surface area contributed by atoms with Gasteiger partial charge in [0.25, 0.3) is 0 Å². The normalized spacial score (nSPS) is 19.5. The van der Waals surface area contributed by atoms with Gasteiger partial charge >= 0.3 is 0 Å². The Kier molecular flexibility index (Phi) is 3.47. The number of anilines is 1. The van der Waals surface area contributed by atoms with Crippen LogP contribution < -0.4 is 10.6 Å². The second-order valence-electron chi connectivity index (χ2n) is 4.57. The summed E-state index contributed by atoms with van der Waals surface area (Å²) in [5.41, 5.74) is 0.846. The van der Waals surface area contributed by atoms with Gasteiger partial charge < -0.3 is 10.6 Å². The Morgan fingerprint density at radius 3 is 3.28 bits per heavy atom. The molecule has 1 saturated heterocycles. The van der Waals surface area contributed by atoms with E-state index in [1.807, 2.05) is 18.3 Å². The van der Waals surface area contributed by atoms with Crippen LogP contribution in [0.3, 0.4) is 0 Å². The Hall–Kier alpha value is -1.14. The summed E-state index contributed by atoms with van der Waals surface area (Å²) >= 11 is 3.47. The third kappa shape index (κ3) is 2.49. The summed E-state index contributed by atoms with van der Waals surface area (Å²) in [6.07, 6.45) is 5.60. The predicted octanol–water partition coefficient (Wildman–Crippen LogP) is 2.05. The van der Waals surface area contributed by atoms with Gasteiger partial charge in [0.2, 0.25) is 5.95 Å². The van der Waals surface area contributed by atoms with E-state index in [4.69, 9.17) is 0 Å². The lowest BCUT2D eigenvalue weighted by Gasteiger charge is -2.09. The Morgan fingerprint density at radius 2 is 2.50 bits per heavy atom. The van der Waals surface area contributed by atoms with Crippen LogP contribution in [0, 0.1) is 0 Å². The van der Waals surface area contributed by atoms with Gasteiger partial charge in [-0.25, -0.2) is 4.52 Å². The van der Waals surface area contributed by atoms with E-state index < -0.39 is 0 Å². The lowest BCUT2D eigenvalue weighted by molar-refractivity contribution is 0.573. The highest BCUT2D eigenvalue weighted by atomic mass is 79.9. The third-order valence-corrected chi connectivity index (χ3v) is 3.87. The van der Waals surface area contributed by atoms with Crippen LogP contribution in [-0.4, -0.2) is 33.7 Å². The molecular formula is C12H16BrN5. The molecule has 5 nitrogen and oxygen atoms in total. The first kappa shape index (κ1) is 11.9. The van der Waals surface area contributed by atoms with Crippen LogP contribution in [0.2, 0.25) is 0 Å². The maximum absolute atomic E-state index is 4.45. The smallest absolute Gasteiger partial charge is 0.243 e. The summed E-state index contributed by atoms with van der Waals surface area (Å²) < 4.78 is 2.74. The number of hydrogen-bond acceptors (Lipinski definition) is 4. The summed E-state index contributed by atoms with van der Waals surface area (Å²) in [6, 6.07) is 4.56. The Balaban J connectivity index is 1.62. The second-order valence-corrected chi connectivity index (χ2v) is 5.42. The molecule has 0 saturated carbocycles. The molecule has 2 N–H and O–H groups in total. The van der Waals surface area contributed by atoms with Gasteiger partial charge in [-0.1, -0.05) is 0 Å². The lowest BCUT2D eigenvalue weighted by atomic mass is 10.2. The standard InChI is InChI=1S/C12H16BrN5/c13-10-4-2-8-18-11(10)16-12(17-18)15-7-5-9-3-1-6-14-9/h2,4,8-9,14H,1,3,5-7H2,(H,15,17). The molecule has 1 atom stereocenters. The number of halogens is 1. The van der Waals surface area contributed by atoms with E-state index in [1.165, 1.54) is 12.8 Å². The van der Waals surface area contributed by atoms with Crippen LogP contribution in [0.25, 0.3) is 5.65 Å². The average molecular weight is 310 g/mol. The zero-order valence-corrected chi connectivity index (χ0v) is 11.7. The molecule has 18 heavy (non-hydrogen) atoms. The van der Waals surface area contributed by atoms with E-state index >= 15 is 0 Å². The van der Waals surface area contributed by atoms with Gasteiger partial charge in [0.05, 0.1) is 4.47 Å². The van der Waals surface area contributed by atoms with Gasteiger partial charge in [-0.05, 0) is 53.9 Å². The molecule has 1 unspecified atom stereocenters. The third-order valence-electron chi connectivity index (χ3n) is 3.25. The van der Waals surface area contributed by atoms with E-state index in [9.17, 15) is 0 Å². The molecule has 2 aromatic rings. The summed E-state index contributed by atoms with van der Waals surface area (Å²) in [5, 5.41) is 11.2. The van der Waals surface area contributed by atoms with E-state index in [0.29, 0.717) is 12.0 Å². The van der Waals surface area contributed by atoms with Crippen molar-refractivity contribution >= 4 is 27.5 Å². The molecule has 0 amide bonds. The van der Waals surface area contributed by atoms with E-state index in [2.05, 4.69) is 36.6 Å². The number of pyridine rings is 1. The van der Waals surface area contributed by atoms with Crippen molar-refractivity contribution in [2.24, 2.45) is 0 Å². The molecule has 3 heterocycles. The van der Waals surface area contributed by atoms with Crippen LogP contribution in [0.5, 0.6) is 0 Å². The highest BCUT2D eigenvalue weighted by molar-refractivity contribution is 9.10. The first-order valence-electron chi connectivity index (χ1n) is 6.31. The SMILES string of the molecule is Brc1cccn2nc(NCCC3CCCN3)nc12. The van der Waals surface area contributed by atoms with Crippen molar-refractivity contribution in [1.82, 2.24) is 19.9 Å². The fraction of sp³-hybridized carbons (Fsp3) is 0.500. The van der Waals surface area contributed by atoms with Gasteiger partial charge in [-0.3, -0.25) is 0 Å². The molecule has 96 valence electrons. The van der Waals surface area contributed by atoms with Crippen LogP contribution in [0.15, 0.2) is 22.8 Å². The van der Waals surface area contributed by atoms with Crippen LogP contribution >= 0.6 is 15.9 Å². The minimum Gasteiger partial charge on any atom is -0.353 e. The quantitative estimate of drug-likeness (QED) is 0.907. The zero-order chi connectivity index (χ0) is 12.4. The summed E-state index contributed by atoms with van der Waals surface area (Å²) in [6.45, 7) is 2.07. The van der Waals surface area contributed by atoms with Gasteiger partial charge in [-0.15, -0.1) is 5.10 Å². The topological polar surface area (TPSA) is 54.2 Å². The van der Waals surface area contributed by atoms with Gasteiger partial charge in [0.15, 0.2) is 5.65 Å². The Bertz CT molecular complexity index is 532. The van der Waals surface area contributed by atoms with Crippen molar-refractivity contribution in [2.45, 2.75) is 25.3 Å². The van der Waals surface area contributed by atoms with Crippen molar-refractivity contribution in [3.8, 4) is 0 Å². The average Bonchev–Trinajstić information content (AvgIpc) is 2.98. The molecule has 1 aliphatic heterocycles. The summed E-state index contributed by atoms with van der Waals surface area (Å²) in [4.78, 5) is 4.45. The van der Waals surface area contributed by atoms with Gasteiger partial charge in [-0.2, -0.15) is 4.98 Å². The molecule has 0 radical (unpaired) electrons. The number of nitrogens with one attached hydrogen (secondary N) is 2. The molecular weight excluding hydrogens is 294 g/mol. The van der Waals surface area contributed by atoms with Crippen molar-refractivity contribution in [3.05, 3.63) is 22.8 Å². The molecule has 1 aliphatic rings. The Morgan fingerprint density at radius 1 is 1.56 bits per heavy atom. The number of hydrogen-bond donors (Lipinski definition) is 2. The molecule has 2 aromatic heterocycles. The molecule has 1 fully saturated rings. The summed E-state index contributed by atoms with van der Waals surface area (Å²) in [7, 11) is 0. The Labute approximate surface area is 114 Å². The van der Waals surface area contributed by atoms with E-state index in [0.717, 1.165) is 29.6 Å². The molecule has 0 spiro atoms. The highest BCUT2D eigenvalue weighted by Crippen LogP contribution is 2.17. The lowest BCUT2D eigenvalue weighted by Crippen LogP contribution is -2.24. The van der Waals surface area contributed by atoms with Crippen molar-refractivity contribution in [3.63, 3.8) is 0 Å². The first-order valence-corrected chi connectivity index (χ1v) is 7.10. The number of nitrogens with zero attached hydrogens (tertiary/aromatic N) is 3. The van der Waals surface area contributed by atoms with E-state index in [-0.39, 0.29) is 0 Å². The second kappa shape index (κ2) is 5.24. The van der Waals surface area contributed by atoms with E-state index in [1.54, 1.807) is 4.52 Å². The van der Waals surface area contributed by atoms with Crippen molar-refractivity contribution in [2.75, 3.05) is 18.4 Å². The fourth-order valence-corrected chi connectivity index (χ4v) is 2.73. The van der Waals surface area contributed by atoms with Gasteiger partial charge in [0.1, 0.15) is 0 Å². The number of aromatic nitrogens is 3. The van der Waals surface area contributed by atoms with Gasteiger partial charge in [0, 0.05) is 18.8 Å². The molecule has 6 heteroatoms. The maximum Gasteiger partial charge on any atom is 0.243 e. The zero-order valence-electron chi connectivity index (χ0n) is 10.1. The molecule has 3 rings (SSSR count). The predicted molar refractivity (Wildman–Crippen MR) is 74.8 cm³/mol. The summed E-state index contributed by atoms with van der Waals surface area (Å²) in [5.74, 6) is 0.694. The molecule has 0 bridgehead atoms. The largest absolute Gasteiger partial charge is 0.353 e. The molecule has 0 aliphatic carbocycles. The molecule has 0 aromatic carbocycles. The maximum atomic E-state index is 4.45. The first-order chi connectivity index (χ1) is 8.83. The minimum atomic E-state index is 0.654. The van der Waals surface area contributed by atoms with Crippen LogP contribution in [0.1, 0.15) is 19.3 Å². The monoisotopic (exact) mass is 309 g/mol. The number of fused-ring (bicyclic) bond motifs is 1. The van der Waals surface area contributed by atoms with Crippen LogP contribution in [-0.2, 0) is 0 Å². The van der Waals surface area contributed by atoms with Crippen LogP contribution in [0.4, 0.5) is 5.95 Å². The minimum absolute atomic E-state index is 0.654. The van der Waals surface area contributed by atoms with Crippen molar-refractivity contribution in [1.29, 1.82) is 0 Å². The number of rotatable bonds is 4. The fourth-order valence-electron chi connectivity index (χ4n) is 2.31. The highest BCUT2D eigenvalue weighted by Gasteiger charge is 2.13.